The van der Waals surface area contributed by atoms with Gasteiger partial charge in [-0.05, 0) is 83.5 Å². The Balaban J connectivity index is 4.34. The third kappa shape index (κ3) is 64.1. The van der Waals surface area contributed by atoms with Crippen LogP contribution in [0.3, 0.4) is 0 Å². The summed E-state index contributed by atoms with van der Waals surface area (Å²) in [5.74, 6) is -0.868. The number of ether oxygens (including phenoxy) is 3. The van der Waals surface area contributed by atoms with Crippen molar-refractivity contribution >= 4 is 17.9 Å². The van der Waals surface area contributed by atoms with E-state index in [1.54, 1.807) is 0 Å². The minimum absolute atomic E-state index is 0.0760. The molecule has 0 saturated carbocycles. The van der Waals surface area contributed by atoms with Gasteiger partial charge in [0, 0.05) is 19.3 Å². The Hall–Kier alpha value is -2.63. The predicted octanol–water partition coefficient (Wildman–Crippen LogP) is 23.3. The summed E-state index contributed by atoms with van der Waals surface area (Å²) in [5.41, 5.74) is 0. The molecule has 0 aromatic carbocycles. The molecule has 0 saturated heterocycles. The molecule has 1 unspecified atom stereocenters. The van der Waals surface area contributed by atoms with Gasteiger partial charge in [-0.2, -0.15) is 0 Å². The van der Waals surface area contributed by atoms with Crippen molar-refractivity contribution < 1.29 is 28.6 Å². The Labute approximate surface area is 479 Å². The number of allylic oxidation sites excluding steroid dienone is 8. The lowest BCUT2D eigenvalue weighted by atomic mass is 10.0. The normalized spacial score (nSPS) is 12.3. The first-order valence-electron chi connectivity index (χ1n) is 34.1. The molecule has 0 radical (unpaired) electrons. The van der Waals surface area contributed by atoms with Crippen molar-refractivity contribution in [3.05, 3.63) is 48.6 Å². The highest BCUT2D eigenvalue weighted by molar-refractivity contribution is 5.71. The van der Waals surface area contributed by atoms with Crippen LogP contribution in [0.15, 0.2) is 48.6 Å². The van der Waals surface area contributed by atoms with Gasteiger partial charge in [0.15, 0.2) is 6.10 Å². The highest BCUT2D eigenvalue weighted by atomic mass is 16.6. The van der Waals surface area contributed by atoms with E-state index in [1.807, 2.05) is 0 Å². The molecule has 1 atom stereocenters. The second kappa shape index (κ2) is 65.9. The minimum atomic E-state index is -0.782. The molecule has 0 N–H and O–H groups in total. The van der Waals surface area contributed by atoms with Gasteiger partial charge in [-0.3, -0.25) is 14.4 Å². The average Bonchev–Trinajstić information content (AvgIpc) is 3.43. The van der Waals surface area contributed by atoms with Gasteiger partial charge in [0.1, 0.15) is 13.2 Å². The van der Waals surface area contributed by atoms with E-state index in [2.05, 4.69) is 69.4 Å². The molecule has 450 valence electrons. The third-order valence-electron chi connectivity index (χ3n) is 15.3. The van der Waals surface area contributed by atoms with Crippen LogP contribution >= 0.6 is 0 Å². The summed E-state index contributed by atoms with van der Waals surface area (Å²) in [6.07, 6.45) is 82.6. The van der Waals surface area contributed by atoms with Crippen molar-refractivity contribution in [2.75, 3.05) is 13.2 Å². The van der Waals surface area contributed by atoms with Gasteiger partial charge in [0.05, 0.1) is 0 Å². The number of rotatable bonds is 63. The largest absolute Gasteiger partial charge is 0.462 e. The Kier molecular flexibility index (Phi) is 63.6. The van der Waals surface area contributed by atoms with Crippen LogP contribution in [-0.4, -0.2) is 37.2 Å². The third-order valence-corrected chi connectivity index (χ3v) is 15.3. The zero-order valence-electron chi connectivity index (χ0n) is 51.7. The van der Waals surface area contributed by atoms with Crippen LogP contribution in [0.4, 0.5) is 0 Å². The van der Waals surface area contributed by atoms with Crippen molar-refractivity contribution in [2.45, 2.75) is 374 Å². The molecule has 0 aromatic heterocycles. The van der Waals surface area contributed by atoms with E-state index in [-0.39, 0.29) is 31.1 Å². The molecule has 0 aliphatic heterocycles. The van der Waals surface area contributed by atoms with Gasteiger partial charge in [-0.25, -0.2) is 0 Å². The fourth-order valence-electron chi connectivity index (χ4n) is 10.2. The van der Waals surface area contributed by atoms with Gasteiger partial charge < -0.3 is 14.2 Å². The zero-order valence-corrected chi connectivity index (χ0v) is 51.7. The summed E-state index contributed by atoms with van der Waals surface area (Å²) < 4.78 is 17.0. The fraction of sp³-hybridized carbons (Fsp3) is 0.845. The monoisotopic (exact) mass is 1080 g/mol. The smallest absolute Gasteiger partial charge is 0.306 e. The Morgan fingerprint density at radius 1 is 0.260 bits per heavy atom. The SMILES string of the molecule is CCCCC/C=C\C/C=C\C/C=C\CCCCCCCCC(=O)OC(COC(=O)CCCCCCCCC/C=C\CCCCCCCCC)COC(=O)CCCCCCCCCCCCCCCCCCCCCCCC. The first-order chi connectivity index (χ1) is 38.0. The quantitative estimate of drug-likeness (QED) is 0.0261. The number of hydrogen-bond donors (Lipinski definition) is 0. The van der Waals surface area contributed by atoms with E-state index >= 15 is 0 Å². The Morgan fingerprint density at radius 2 is 0.468 bits per heavy atom. The summed E-state index contributed by atoms with van der Waals surface area (Å²) in [5, 5.41) is 0. The molecule has 0 bridgehead atoms. The number of carbonyl (C=O) groups is 3. The van der Waals surface area contributed by atoms with Crippen LogP contribution in [0, 0.1) is 0 Å². The molecule has 0 fully saturated rings. The summed E-state index contributed by atoms with van der Waals surface area (Å²) >= 11 is 0. The lowest BCUT2D eigenvalue weighted by Gasteiger charge is -2.18. The second-order valence-electron chi connectivity index (χ2n) is 23.1. The number of hydrogen-bond acceptors (Lipinski definition) is 6. The molecular weight excluding hydrogens is 949 g/mol. The van der Waals surface area contributed by atoms with E-state index < -0.39 is 6.10 Å². The molecule has 0 amide bonds. The summed E-state index contributed by atoms with van der Waals surface area (Å²) in [4.78, 5) is 38.4. The molecule has 0 aromatic rings. The molecule has 77 heavy (non-hydrogen) atoms. The van der Waals surface area contributed by atoms with E-state index in [0.29, 0.717) is 19.3 Å². The molecule has 0 aliphatic carbocycles. The summed E-state index contributed by atoms with van der Waals surface area (Å²) in [7, 11) is 0. The zero-order chi connectivity index (χ0) is 55.7. The lowest BCUT2D eigenvalue weighted by molar-refractivity contribution is -0.167. The van der Waals surface area contributed by atoms with Crippen molar-refractivity contribution in [3.8, 4) is 0 Å². The molecular formula is C71H130O6. The van der Waals surface area contributed by atoms with Crippen LogP contribution < -0.4 is 0 Å². The van der Waals surface area contributed by atoms with E-state index in [9.17, 15) is 14.4 Å². The topological polar surface area (TPSA) is 78.9 Å². The van der Waals surface area contributed by atoms with Crippen LogP contribution in [0.2, 0.25) is 0 Å². The van der Waals surface area contributed by atoms with E-state index in [4.69, 9.17) is 14.2 Å². The van der Waals surface area contributed by atoms with Gasteiger partial charge in [-0.15, -0.1) is 0 Å². The first kappa shape index (κ1) is 74.4. The first-order valence-corrected chi connectivity index (χ1v) is 34.1. The number of esters is 3. The summed E-state index contributed by atoms with van der Waals surface area (Å²) in [6.45, 7) is 6.66. The van der Waals surface area contributed by atoms with Gasteiger partial charge in [0.25, 0.3) is 0 Å². The summed E-state index contributed by atoms with van der Waals surface area (Å²) in [6, 6.07) is 0. The van der Waals surface area contributed by atoms with Crippen LogP contribution in [-0.2, 0) is 28.6 Å². The van der Waals surface area contributed by atoms with Crippen molar-refractivity contribution in [2.24, 2.45) is 0 Å². The van der Waals surface area contributed by atoms with Gasteiger partial charge in [0.2, 0.25) is 0 Å². The maximum atomic E-state index is 12.9. The molecule has 0 rings (SSSR count). The fourth-order valence-corrected chi connectivity index (χ4v) is 10.2. The maximum Gasteiger partial charge on any atom is 0.306 e. The molecule has 6 nitrogen and oxygen atoms in total. The Bertz CT molecular complexity index is 1330. The van der Waals surface area contributed by atoms with Crippen molar-refractivity contribution in [3.63, 3.8) is 0 Å². The highest BCUT2D eigenvalue weighted by Crippen LogP contribution is 2.18. The maximum absolute atomic E-state index is 12.9. The molecule has 6 heteroatoms. The number of carbonyl (C=O) groups excluding carboxylic acids is 3. The lowest BCUT2D eigenvalue weighted by Crippen LogP contribution is -2.30. The standard InChI is InChI=1S/C71H130O6/c1-4-7-10-13-16-19-22-25-28-31-34-35-36-38-40-43-46-49-52-55-58-61-64-70(73)76-67-68(66-75-69(72)63-60-57-54-51-48-45-42-39-33-30-27-24-21-18-15-12-9-6-3)77-71(74)65-62-59-56-53-50-47-44-41-37-32-29-26-23-20-17-14-11-8-5-2/h17,20,26,29-30,33,37,41,68H,4-16,18-19,21-25,27-28,31-32,34-36,38-40,42-67H2,1-3H3/b20-17-,29-26-,33-30-,41-37-. The molecule has 0 spiro atoms. The predicted molar refractivity (Wildman–Crippen MR) is 335 cm³/mol. The van der Waals surface area contributed by atoms with E-state index in [1.165, 1.54) is 250 Å². The van der Waals surface area contributed by atoms with Crippen LogP contribution in [0.25, 0.3) is 0 Å². The van der Waals surface area contributed by atoms with Crippen LogP contribution in [0.5, 0.6) is 0 Å². The number of unbranched alkanes of at least 4 members (excludes halogenated alkanes) is 44. The van der Waals surface area contributed by atoms with Gasteiger partial charge >= 0.3 is 17.9 Å². The Morgan fingerprint density at radius 3 is 0.766 bits per heavy atom. The molecule has 0 heterocycles. The average molecular weight is 1080 g/mol. The van der Waals surface area contributed by atoms with Gasteiger partial charge in [-0.1, -0.05) is 313 Å². The second-order valence-corrected chi connectivity index (χ2v) is 23.1. The van der Waals surface area contributed by atoms with Crippen molar-refractivity contribution in [1.29, 1.82) is 0 Å². The van der Waals surface area contributed by atoms with E-state index in [0.717, 1.165) is 77.0 Å². The van der Waals surface area contributed by atoms with Crippen molar-refractivity contribution in [1.82, 2.24) is 0 Å². The highest BCUT2D eigenvalue weighted by Gasteiger charge is 2.19. The minimum Gasteiger partial charge on any atom is -0.462 e. The van der Waals surface area contributed by atoms with Crippen LogP contribution in [0.1, 0.15) is 367 Å². The molecule has 0 aliphatic rings.